The Morgan fingerprint density at radius 1 is 1.10 bits per heavy atom. The predicted molar refractivity (Wildman–Crippen MR) is 116 cm³/mol. The molecule has 2 amide bonds. The van der Waals surface area contributed by atoms with E-state index in [1.54, 1.807) is 30.5 Å². The summed E-state index contributed by atoms with van der Waals surface area (Å²) in [5, 5.41) is 8.20. The maximum absolute atomic E-state index is 12.6. The molecule has 1 atom stereocenters. The van der Waals surface area contributed by atoms with Crippen LogP contribution in [0, 0.1) is 12.8 Å². The molecule has 0 bridgehead atoms. The highest BCUT2D eigenvalue weighted by molar-refractivity contribution is 6.33. The van der Waals surface area contributed by atoms with Gasteiger partial charge >= 0.3 is 0 Å². The summed E-state index contributed by atoms with van der Waals surface area (Å²) >= 11 is 6.08. The maximum Gasteiger partial charge on any atom is 0.262 e. The standard InChI is InChI=1S/C22H23ClN4O2/c1-13(2)20(26-21(28)16-9-4-6-10-18(16)23)22(29)27-24-12-17-14(3)25-19-11-7-5-8-15(17)19/h4-13,20,25H,1-3H3,(H,26,28)(H,27,29). The van der Waals surface area contributed by atoms with Crippen molar-refractivity contribution in [1.82, 2.24) is 15.7 Å². The summed E-state index contributed by atoms with van der Waals surface area (Å²) in [4.78, 5) is 28.4. The van der Waals surface area contributed by atoms with E-state index >= 15 is 0 Å². The van der Waals surface area contributed by atoms with E-state index in [9.17, 15) is 9.59 Å². The van der Waals surface area contributed by atoms with Crippen molar-refractivity contribution in [2.24, 2.45) is 11.0 Å². The Bertz CT molecular complexity index is 1070. The summed E-state index contributed by atoms with van der Waals surface area (Å²) in [5.41, 5.74) is 5.72. The van der Waals surface area contributed by atoms with Gasteiger partial charge in [0, 0.05) is 22.2 Å². The van der Waals surface area contributed by atoms with Gasteiger partial charge in [-0.2, -0.15) is 5.10 Å². The molecule has 0 fully saturated rings. The van der Waals surface area contributed by atoms with E-state index in [4.69, 9.17) is 11.6 Å². The Balaban J connectivity index is 1.71. The Labute approximate surface area is 174 Å². The summed E-state index contributed by atoms with van der Waals surface area (Å²) in [6.07, 6.45) is 1.61. The van der Waals surface area contributed by atoms with Crippen LogP contribution in [0.4, 0.5) is 0 Å². The van der Waals surface area contributed by atoms with Crippen molar-refractivity contribution in [3.05, 3.63) is 70.4 Å². The molecular formula is C22H23ClN4O2. The zero-order chi connectivity index (χ0) is 21.0. The number of carbonyl (C=O) groups excluding carboxylic acids is 2. The van der Waals surface area contributed by atoms with Gasteiger partial charge in [-0.25, -0.2) is 5.43 Å². The number of hydrogen-bond donors (Lipinski definition) is 3. The number of nitrogens with one attached hydrogen (secondary N) is 3. The van der Waals surface area contributed by atoms with Crippen LogP contribution in [0.15, 0.2) is 53.6 Å². The van der Waals surface area contributed by atoms with Gasteiger partial charge < -0.3 is 10.3 Å². The summed E-state index contributed by atoms with van der Waals surface area (Å²) in [6, 6.07) is 13.8. The monoisotopic (exact) mass is 410 g/mol. The van der Waals surface area contributed by atoms with Gasteiger partial charge in [-0.1, -0.05) is 55.8 Å². The number of rotatable bonds is 6. The van der Waals surface area contributed by atoms with Gasteiger partial charge in [-0.3, -0.25) is 9.59 Å². The molecule has 1 unspecified atom stereocenters. The first-order valence-electron chi connectivity index (χ1n) is 9.34. The van der Waals surface area contributed by atoms with Crippen LogP contribution >= 0.6 is 11.6 Å². The Morgan fingerprint density at radius 3 is 2.52 bits per heavy atom. The van der Waals surface area contributed by atoms with E-state index in [-0.39, 0.29) is 5.92 Å². The number of aryl methyl sites for hydroxylation is 1. The lowest BCUT2D eigenvalue weighted by Crippen LogP contribution is -2.48. The van der Waals surface area contributed by atoms with Crippen molar-refractivity contribution in [1.29, 1.82) is 0 Å². The van der Waals surface area contributed by atoms with Crippen LogP contribution in [-0.4, -0.2) is 29.1 Å². The zero-order valence-corrected chi connectivity index (χ0v) is 17.2. The summed E-state index contributed by atoms with van der Waals surface area (Å²) < 4.78 is 0. The molecule has 3 rings (SSSR count). The number of carbonyl (C=O) groups is 2. The van der Waals surface area contributed by atoms with Gasteiger partial charge in [-0.15, -0.1) is 0 Å². The maximum atomic E-state index is 12.6. The van der Waals surface area contributed by atoms with E-state index in [1.165, 1.54) is 0 Å². The minimum Gasteiger partial charge on any atom is -0.358 e. The first-order chi connectivity index (χ1) is 13.9. The van der Waals surface area contributed by atoms with Crippen LogP contribution < -0.4 is 10.7 Å². The number of H-pyrrole nitrogens is 1. The first kappa shape index (κ1) is 20.6. The Morgan fingerprint density at radius 2 is 1.79 bits per heavy atom. The number of aromatic amines is 1. The number of fused-ring (bicyclic) bond motifs is 1. The third-order valence-electron chi connectivity index (χ3n) is 4.67. The van der Waals surface area contributed by atoms with Crippen LogP contribution in [0.2, 0.25) is 5.02 Å². The van der Waals surface area contributed by atoms with Crippen molar-refractivity contribution in [3.8, 4) is 0 Å². The molecule has 3 aromatic rings. The number of para-hydroxylation sites is 1. The fourth-order valence-electron chi connectivity index (χ4n) is 3.09. The average molecular weight is 411 g/mol. The largest absolute Gasteiger partial charge is 0.358 e. The average Bonchev–Trinajstić information content (AvgIpc) is 3.01. The van der Waals surface area contributed by atoms with E-state index in [0.717, 1.165) is 22.2 Å². The molecule has 0 saturated heterocycles. The third kappa shape index (κ3) is 4.66. The van der Waals surface area contributed by atoms with Crippen LogP contribution in [0.5, 0.6) is 0 Å². The van der Waals surface area contributed by atoms with Gasteiger partial charge in [0.2, 0.25) is 0 Å². The zero-order valence-electron chi connectivity index (χ0n) is 16.5. The second kappa shape index (κ2) is 8.92. The normalized spacial score (nSPS) is 12.4. The van der Waals surface area contributed by atoms with Gasteiger partial charge in [0.05, 0.1) is 16.8 Å². The number of hydrogen-bond acceptors (Lipinski definition) is 3. The highest BCUT2D eigenvalue weighted by Crippen LogP contribution is 2.20. The lowest BCUT2D eigenvalue weighted by molar-refractivity contribution is -0.123. The van der Waals surface area contributed by atoms with Gasteiger partial charge in [0.1, 0.15) is 6.04 Å². The van der Waals surface area contributed by atoms with Gasteiger partial charge in [0.15, 0.2) is 0 Å². The molecule has 0 aliphatic rings. The van der Waals surface area contributed by atoms with E-state index in [2.05, 4.69) is 20.8 Å². The topological polar surface area (TPSA) is 86.3 Å². The first-order valence-corrected chi connectivity index (χ1v) is 9.72. The van der Waals surface area contributed by atoms with Crippen molar-refractivity contribution < 1.29 is 9.59 Å². The predicted octanol–water partition coefficient (Wildman–Crippen LogP) is 4.03. The summed E-state index contributed by atoms with van der Waals surface area (Å²) in [7, 11) is 0. The molecule has 0 aliphatic heterocycles. The summed E-state index contributed by atoms with van der Waals surface area (Å²) in [6.45, 7) is 5.65. The molecule has 2 aromatic carbocycles. The quantitative estimate of drug-likeness (QED) is 0.423. The number of benzene rings is 2. The number of nitrogens with zero attached hydrogens (tertiary/aromatic N) is 1. The fraction of sp³-hybridized carbons (Fsp3) is 0.227. The minimum absolute atomic E-state index is 0.133. The smallest absolute Gasteiger partial charge is 0.262 e. The molecule has 0 aliphatic carbocycles. The molecule has 1 heterocycles. The van der Waals surface area contributed by atoms with Crippen molar-refractivity contribution in [2.45, 2.75) is 26.8 Å². The van der Waals surface area contributed by atoms with Gasteiger partial charge in [-0.05, 0) is 31.0 Å². The van der Waals surface area contributed by atoms with E-state index in [0.29, 0.717) is 10.6 Å². The SMILES string of the molecule is Cc1[nH]c2ccccc2c1C=NNC(=O)C(NC(=O)c1ccccc1Cl)C(C)C. The molecule has 7 heteroatoms. The second-order valence-corrected chi connectivity index (χ2v) is 7.53. The number of halogens is 1. The van der Waals surface area contributed by atoms with Crippen LogP contribution in [0.3, 0.4) is 0 Å². The molecule has 150 valence electrons. The molecule has 0 radical (unpaired) electrons. The van der Waals surface area contributed by atoms with E-state index < -0.39 is 17.9 Å². The van der Waals surface area contributed by atoms with Gasteiger partial charge in [0.25, 0.3) is 11.8 Å². The summed E-state index contributed by atoms with van der Waals surface area (Å²) in [5.74, 6) is -0.929. The lowest BCUT2D eigenvalue weighted by atomic mass is 10.0. The van der Waals surface area contributed by atoms with Crippen molar-refractivity contribution in [3.63, 3.8) is 0 Å². The van der Waals surface area contributed by atoms with Crippen molar-refractivity contribution in [2.75, 3.05) is 0 Å². The molecule has 0 saturated carbocycles. The van der Waals surface area contributed by atoms with Crippen LogP contribution in [0.1, 0.15) is 35.5 Å². The minimum atomic E-state index is -0.750. The molecule has 3 N–H and O–H groups in total. The molecule has 6 nitrogen and oxygen atoms in total. The lowest BCUT2D eigenvalue weighted by Gasteiger charge is -2.20. The highest BCUT2D eigenvalue weighted by Gasteiger charge is 2.25. The molecule has 1 aromatic heterocycles. The third-order valence-corrected chi connectivity index (χ3v) is 5.00. The second-order valence-electron chi connectivity index (χ2n) is 7.12. The molecule has 29 heavy (non-hydrogen) atoms. The molecular weight excluding hydrogens is 388 g/mol. The number of amides is 2. The number of hydrazone groups is 1. The number of aromatic nitrogens is 1. The highest BCUT2D eigenvalue weighted by atomic mass is 35.5. The van der Waals surface area contributed by atoms with Crippen LogP contribution in [0.25, 0.3) is 10.9 Å². The van der Waals surface area contributed by atoms with Crippen LogP contribution in [-0.2, 0) is 4.79 Å². The van der Waals surface area contributed by atoms with Crippen molar-refractivity contribution >= 4 is 40.5 Å². The van der Waals surface area contributed by atoms with E-state index in [1.807, 2.05) is 45.0 Å². The Kier molecular flexibility index (Phi) is 6.34. The molecule has 0 spiro atoms. The Hall–Kier alpha value is -3.12. The fourth-order valence-corrected chi connectivity index (χ4v) is 3.32.